The Morgan fingerprint density at radius 1 is 1.16 bits per heavy atom. The third-order valence-electron chi connectivity index (χ3n) is 3.90. The van der Waals surface area contributed by atoms with Gasteiger partial charge in [0, 0.05) is 12.1 Å². The molecular formula is C11H22N2O4S2. The van der Waals surface area contributed by atoms with Crippen LogP contribution in [0.5, 0.6) is 0 Å². The lowest BCUT2D eigenvalue weighted by Crippen LogP contribution is -2.49. The summed E-state index contributed by atoms with van der Waals surface area (Å²) in [4.78, 5) is 0. The molecule has 2 N–H and O–H groups in total. The molecule has 0 radical (unpaired) electrons. The van der Waals surface area contributed by atoms with E-state index in [0.717, 1.165) is 19.4 Å². The zero-order valence-corrected chi connectivity index (χ0v) is 12.8. The van der Waals surface area contributed by atoms with Gasteiger partial charge in [-0.1, -0.05) is 0 Å². The first kappa shape index (κ1) is 15.2. The summed E-state index contributed by atoms with van der Waals surface area (Å²) in [6.45, 7) is 2.85. The highest BCUT2D eigenvalue weighted by atomic mass is 32.2. The van der Waals surface area contributed by atoms with Crippen LogP contribution in [0.25, 0.3) is 0 Å². The van der Waals surface area contributed by atoms with Crippen molar-refractivity contribution in [2.45, 2.75) is 49.9 Å². The monoisotopic (exact) mass is 310 g/mol. The maximum absolute atomic E-state index is 12.2. The predicted molar refractivity (Wildman–Crippen MR) is 74.2 cm³/mol. The molecule has 0 bridgehead atoms. The lowest BCUT2D eigenvalue weighted by atomic mass is 10.0. The molecule has 2 heterocycles. The van der Waals surface area contributed by atoms with Crippen LogP contribution in [0.3, 0.4) is 0 Å². The second kappa shape index (κ2) is 5.67. The van der Waals surface area contributed by atoms with Crippen molar-refractivity contribution in [3.63, 3.8) is 0 Å². The van der Waals surface area contributed by atoms with Crippen LogP contribution >= 0.6 is 0 Å². The number of hydrogen-bond donors (Lipinski definition) is 2. The summed E-state index contributed by atoms with van der Waals surface area (Å²) in [6.07, 6.45) is 2.01. The smallest absolute Gasteiger partial charge is 0.214 e. The molecule has 0 aromatic rings. The molecule has 2 unspecified atom stereocenters. The van der Waals surface area contributed by atoms with Crippen LogP contribution in [0.1, 0.15) is 32.6 Å². The third-order valence-corrected chi connectivity index (χ3v) is 7.62. The average molecular weight is 310 g/mol. The first-order valence-corrected chi connectivity index (χ1v) is 10.1. The van der Waals surface area contributed by atoms with E-state index >= 15 is 0 Å². The number of sulfone groups is 1. The first-order valence-electron chi connectivity index (χ1n) is 6.73. The number of sulfonamides is 1. The van der Waals surface area contributed by atoms with E-state index in [1.807, 2.05) is 6.92 Å². The van der Waals surface area contributed by atoms with E-state index in [1.165, 1.54) is 0 Å². The summed E-state index contributed by atoms with van der Waals surface area (Å²) in [6, 6.07) is 0.285. The number of piperidine rings is 1. The van der Waals surface area contributed by atoms with Crippen molar-refractivity contribution in [1.82, 2.24) is 10.0 Å². The summed E-state index contributed by atoms with van der Waals surface area (Å²) < 4.78 is 49.9. The summed E-state index contributed by atoms with van der Waals surface area (Å²) in [5, 5.41) is 2.72. The van der Waals surface area contributed by atoms with Gasteiger partial charge in [0.1, 0.15) is 9.84 Å². The molecule has 0 spiro atoms. The first-order chi connectivity index (χ1) is 8.78. The average Bonchev–Trinajstić information content (AvgIpc) is 2.27. The fraction of sp³-hybridized carbons (Fsp3) is 1.00. The highest BCUT2D eigenvalue weighted by Gasteiger charge is 2.34. The van der Waals surface area contributed by atoms with E-state index in [4.69, 9.17) is 0 Å². The van der Waals surface area contributed by atoms with Gasteiger partial charge in [-0.05, 0) is 39.2 Å². The predicted octanol–water partition coefficient (Wildman–Crippen LogP) is -0.376. The Morgan fingerprint density at radius 2 is 1.79 bits per heavy atom. The van der Waals surface area contributed by atoms with Crippen LogP contribution < -0.4 is 10.0 Å². The van der Waals surface area contributed by atoms with Gasteiger partial charge in [0.15, 0.2) is 0 Å². The van der Waals surface area contributed by atoms with Gasteiger partial charge >= 0.3 is 0 Å². The van der Waals surface area contributed by atoms with E-state index in [1.54, 1.807) is 0 Å². The van der Waals surface area contributed by atoms with Crippen molar-refractivity contribution in [3.05, 3.63) is 0 Å². The van der Waals surface area contributed by atoms with Gasteiger partial charge in [-0.15, -0.1) is 0 Å². The van der Waals surface area contributed by atoms with Gasteiger partial charge in [0.25, 0.3) is 0 Å². The highest BCUT2D eigenvalue weighted by molar-refractivity contribution is 7.92. The quantitative estimate of drug-likeness (QED) is 0.741. The second-order valence-corrected chi connectivity index (χ2v) is 9.89. The summed E-state index contributed by atoms with van der Waals surface area (Å²) in [7, 11) is -6.42. The summed E-state index contributed by atoms with van der Waals surface area (Å²) in [5.41, 5.74) is 0. The topological polar surface area (TPSA) is 92.3 Å². The van der Waals surface area contributed by atoms with Gasteiger partial charge in [-0.2, -0.15) is 0 Å². The lowest BCUT2D eigenvalue weighted by Gasteiger charge is -2.30. The van der Waals surface area contributed by atoms with Crippen LogP contribution in [0.15, 0.2) is 0 Å². The molecule has 8 heteroatoms. The minimum Gasteiger partial charge on any atom is -0.314 e. The maximum atomic E-state index is 12.2. The molecule has 2 saturated heterocycles. The molecular weight excluding hydrogens is 288 g/mol. The number of hydrogen-bond acceptors (Lipinski definition) is 5. The maximum Gasteiger partial charge on any atom is 0.214 e. The summed E-state index contributed by atoms with van der Waals surface area (Å²) >= 11 is 0. The second-order valence-electron chi connectivity index (χ2n) is 5.59. The van der Waals surface area contributed by atoms with Crippen molar-refractivity contribution in [2.24, 2.45) is 0 Å². The number of rotatable bonds is 3. The van der Waals surface area contributed by atoms with Crippen molar-refractivity contribution < 1.29 is 16.8 Å². The normalized spacial score (nSPS) is 33.1. The van der Waals surface area contributed by atoms with Crippen LogP contribution in [0, 0.1) is 0 Å². The van der Waals surface area contributed by atoms with Crippen LogP contribution in [0.2, 0.25) is 0 Å². The Labute approximate surface area is 115 Å². The van der Waals surface area contributed by atoms with Gasteiger partial charge in [0.05, 0.1) is 16.8 Å². The van der Waals surface area contributed by atoms with E-state index < -0.39 is 25.1 Å². The standard InChI is InChI=1S/C11H22N2O4S2/c1-9-8-10(2-5-12-9)13-19(16,17)11-3-6-18(14,15)7-4-11/h9-13H,2-8H2,1H3. The van der Waals surface area contributed by atoms with Gasteiger partial charge in [-0.3, -0.25) is 0 Å². The Hall–Kier alpha value is -0.180. The molecule has 0 amide bonds. The minimum absolute atomic E-state index is 0.0127. The molecule has 2 aliphatic heterocycles. The molecule has 2 atom stereocenters. The largest absolute Gasteiger partial charge is 0.314 e. The molecule has 2 aliphatic rings. The van der Waals surface area contributed by atoms with E-state index in [-0.39, 0.29) is 30.4 Å². The fourth-order valence-electron chi connectivity index (χ4n) is 2.75. The van der Waals surface area contributed by atoms with Gasteiger partial charge in [-0.25, -0.2) is 21.6 Å². The lowest BCUT2D eigenvalue weighted by molar-refractivity contribution is 0.360. The van der Waals surface area contributed by atoms with Crippen molar-refractivity contribution in [2.75, 3.05) is 18.1 Å². The van der Waals surface area contributed by atoms with Crippen LogP contribution in [-0.4, -0.2) is 52.2 Å². The Balaban J connectivity index is 1.95. The zero-order valence-electron chi connectivity index (χ0n) is 11.1. The Kier molecular flexibility index (Phi) is 4.54. The third kappa shape index (κ3) is 4.14. The van der Waals surface area contributed by atoms with Crippen LogP contribution in [0.4, 0.5) is 0 Å². The van der Waals surface area contributed by atoms with Crippen molar-refractivity contribution >= 4 is 19.9 Å². The zero-order chi connectivity index (χ0) is 14.1. The molecule has 6 nitrogen and oxygen atoms in total. The van der Waals surface area contributed by atoms with Crippen molar-refractivity contribution in [3.8, 4) is 0 Å². The van der Waals surface area contributed by atoms with Crippen LogP contribution in [-0.2, 0) is 19.9 Å². The molecule has 0 aliphatic carbocycles. The molecule has 19 heavy (non-hydrogen) atoms. The number of nitrogens with one attached hydrogen (secondary N) is 2. The summed E-state index contributed by atoms with van der Waals surface area (Å²) in [5.74, 6) is -0.0254. The molecule has 2 fully saturated rings. The van der Waals surface area contributed by atoms with Gasteiger partial charge in [0.2, 0.25) is 10.0 Å². The highest BCUT2D eigenvalue weighted by Crippen LogP contribution is 2.20. The fourth-order valence-corrected chi connectivity index (χ4v) is 6.26. The molecule has 112 valence electrons. The molecule has 2 rings (SSSR count). The van der Waals surface area contributed by atoms with Crippen molar-refractivity contribution in [1.29, 1.82) is 0 Å². The van der Waals surface area contributed by atoms with Gasteiger partial charge < -0.3 is 5.32 Å². The molecule has 0 aromatic carbocycles. The van der Waals surface area contributed by atoms with E-state index in [0.29, 0.717) is 6.04 Å². The van der Waals surface area contributed by atoms with E-state index in [2.05, 4.69) is 10.0 Å². The SMILES string of the molecule is CC1CC(NS(=O)(=O)C2CCS(=O)(=O)CC2)CCN1. The Bertz CT molecular complexity index is 501. The molecule has 0 aromatic heterocycles. The Morgan fingerprint density at radius 3 is 2.37 bits per heavy atom. The van der Waals surface area contributed by atoms with E-state index in [9.17, 15) is 16.8 Å². The minimum atomic E-state index is -3.40. The molecule has 0 saturated carbocycles.